The van der Waals surface area contributed by atoms with Gasteiger partial charge in [-0.3, -0.25) is 9.59 Å². The molecule has 0 bridgehead atoms. The number of esters is 1. The van der Waals surface area contributed by atoms with Crippen LogP contribution in [0.2, 0.25) is 0 Å². The molecular formula is C19H23BrN2O3S. The molecule has 1 heterocycles. The van der Waals surface area contributed by atoms with Crippen LogP contribution in [0, 0.1) is 0 Å². The normalized spacial score (nSPS) is 10.5. The number of hydrogen-bond acceptors (Lipinski definition) is 5. The number of halogens is 1. The fourth-order valence-corrected chi connectivity index (χ4v) is 3.97. The number of amides is 1. The highest BCUT2D eigenvalue weighted by molar-refractivity contribution is 9.11. The van der Waals surface area contributed by atoms with E-state index in [1.165, 1.54) is 16.2 Å². The quantitative estimate of drug-likeness (QED) is 0.580. The lowest BCUT2D eigenvalue weighted by atomic mass is 10.1. The molecule has 0 saturated heterocycles. The average Bonchev–Trinajstić information content (AvgIpc) is 3.07. The molecule has 0 unspecified atom stereocenters. The van der Waals surface area contributed by atoms with Gasteiger partial charge in [-0.05, 0) is 48.0 Å². The molecule has 0 aliphatic carbocycles. The van der Waals surface area contributed by atoms with Crippen LogP contribution in [0.5, 0.6) is 0 Å². The first-order valence-corrected chi connectivity index (χ1v) is 10.1. The first-order chi connectivity index (χ1) is 12.5. The van der Waals surface area contributed by atoms with Crippen molar-refractivity contribution in [3.05, 3.63) is 50.6 Å². The first-order valence-electron chi connectivity index (χ1n) is 8.45. The van der Waals surface area contributed by atoms with Crippen LogP contribution in [0.15, 0.2) is 40.2 Å². The summed E-state index contributed by atoms with van der Waals surface area (Å²) in [6.45, 7) is 6.07. The van der Waals surface area contributed by atoms with Crippen LogP contribution in [0.1, 0.15) is 29.1 Å². The lowest BCUT2D eigenvalue weighted by Gasteiger charge is -2.24. The predicted octanol–water partition coefficient (Wildman–Crippen LogP) is 4.17. The second kappa shape index (κ2) is 9.73. The summed E-state index contributed by atoms with van der Waals surface area (Å²) in [6, 6.07) is 11.4. The van der Waals surface area contributed by atoms with Gasteiger partial charge in [0.25, 0.3) is 5.91 Å². The van der Waals surface area contributed by atoms with E-state index >= 15 is 0 Å². The van der Waals surface area contributed by atoms with Gasteiger partial charge in [0.1, 0.15) is 13.2 Å². The molecule has 0 aliphatic rings. The minimum absolute atomic E-state index is 0.0816. The van der Waals surface area contributed by atoms with E-state index in [9.17, 15) is 9.59 Å². The lowest BCUT2D eigenvalue weighted by molar-refractivity contribution is -0.145. The number of para-hydroxylation sites is 1. The first kappa shape index (κ1) is 20.5. The number of carbonyl (C=O) groups excluding carboxylic acids is 2. The molecule has 2 aromatic rings. The molecule has 0 spiro atoms. The minimum atomic E-state index is -0.425. The molecule has 0 N–H and O–H groups in total. The zero-order valence-electron chi connectivity index (χ0n) is 15.2. The third kappa shape index (κ3) is 5.32. The van der Waals surface area contributed by atoms with Crippen LogP contribution in [-0.2, 0) is 16.1 Å². The van der Waals surface area contributed by atoms with Gasteiger partial charge in [0.05, 0.1) is 8.66 Å². The Balaban J connectivity index is 1.94. The Bertz CT molecular complexity index is 759. The Hall–Kier alpha value is -1.86. The van der Waals surface area contributed by atoms with E-state index in [1.54, 1.807) is 13.1 Å². The maximum atomic E-state index is 12.3. The molecule has 1 aromatic heterocycles. The number of thiophene rings is 1. The number of anilines is 1. The van der Waals surface area contributed by atoms with E-state index in [-0.39, 0.29) is 19.1 Å². The number of hydrogen-bond donors (Lipinski definition) is 0. The van der Waals surface area contributed by atoms with Crippen LogP contribution < -0.4 is 4.90 Å². The molecule has 140 valence electrons. The van der Waals surface area contributed by atoms with Crippen LogP contribution in [0.3, 0.4) is 0 Å². The van der Waals surface area contributed by atoms with Gasteiger partial charge in [-0.1, -0.05) is 18.2 Å². The molecule has 1 amide bonds. The van der Waals surface area contributed by atoms with E-state index in [0.29, 0.717) is 4.88 Å². The summed E-state index contributed by atoms with van der Waals surface area (Å²) in [4.78, 5) is 28.6. The molecule has 0 atom stereocenters. The van der Waals surface area contributed by atoms with Gasteiger partial charge in [0.2, 0.25) is 0 Å². The minimum Gasteiger partial charge on any atom is -0.459 e. The molecule has 5 nitrogen and oxygen atoms in total. The SMILES string of the molecule is CCN(CC)c1ccccc1COC(=O)CN(C)C(=O)c1ccc(Br)s1. The standard InChI is InChI=1S/C19H23BrN2O3S/c1-4-22(5-2)15-9-7-6-8-14(15)13-25-18(23)12-21(3)19(24)16-10-11-17(20)26-16/h6-11H,4-5,12-13H2,1-3H3. The zero-order valence-corrected chi connectivity index (χ0v) is 17.6. The van der Waals surface area contributed by atoms with Crippen molar-refractivity contribution in [3.8, 4) is 0 Å². The smallest absolute Gasteiger partial charge is 0.325 e. The van der Waals surface area contributed by atoms with E-state index in [0.717, 1.165) is 28.1 Å². The van der Waals surface area contributed by atoms with Crippen molar-refractivity contribution in [2.24, 2.45) is 0 Å². The molecule has 7 heteroatoms. The molecular weight excluding hydrogens is 416 g/mol. The van der Waals surface area contributed by atoms with Gasteiger partial charge in [-0.25, -0.2) is 0 Å². The zero-order chi connectivity index (χ0) is 19.1. The summed E-state index contributed by atoms with van der Waals surface area (Å²) in [5.74, 6) is -0.619. The van der Waals surface area contributed by atoms with Crippen molar-refractivity contribution >= 4 is 44.8 Å². The van der Waals surface area contributed by atoms with E-state index in [1.807, 2.05) is 30.3 Å². The van der Waals surface area contributed by atoms with E-state index < -0.39 is 5.97 Å². The number of rotatable bonds is 8. The summed E-state index contributed by atoms with van der Waals surface area (Å²) in [5.41, 5.74) is 2.03. The molecule has 2 rings (SSSR count). The highest BCUT2D eigenvalue weighted by atomic mass is 79.9. The number of likely N-dealkylation sites (N-methyl/N-ethyl adjacent to an activating group) is 1. The average molecular weight is 439 g/mol. The Kier molecular flexibility index (Phi) is 7.66. The maximum Gasteiger partial charge on any atom is 0.325 e. The number of carbonyl (C=O) groups is 2. The second-order valence-corrected chi connectivity index (χ2v) is 8.19. The van der Waals surface area contributed by atoms with Gasteiger partial charge < -0.3 is 14.5 Å². The summed E-state index contributed by atoms with van der Waals surface area (Å²) >= 11 is 4.67. The van der Waals surface area contributed by atoms with Crippen LogP contribution in [0.4, 0.5) is 5.69 Å². The molecule has 1 aromatic carbocycles. The van der Waals surface area contributed by atoms with E-state index in [4.69, 9.17) is 4.74 Å². The van der Waals surface area contributed by atoms with Gasteiger partial charge >= 0.3 is 5.97 Å². The van der Waals surface area contributed by atoms with Gasteiger partial charge in [0, 0.05) is 31.4 Å². The van der Waals surface area contributed by atoms with Crippen molar-refractivity contribution in [3.63, 3.8) is 0 Å². The molecule has 0 fully saturated rings. The number of benzene rings is 1. The van der Waals surface area contributed by atoms with Crippen molar-refractivity contribution in [1.29, 1.82) is 0 Å². The van der Waals surface area contributed by atoms with Crippen LogP contribution in [-0.4, -0.2) is 43.5 Å². The van der Waals surface area contributed by atoms with Crippen molar-refractivity contribution in [2.45, 2.75) is 20.5 Å². The van der Waals surface area contributed by atoms with Gasteiger partial charge in [-0.2, -0.15) is 0 Å². The summed E-state index contributed by atoms with van der Waals surface area (Å²) < 4.78 is 6.28. The predicted molar refractivity (Wildman–Crippen MR) is 109 cm³/mol. The van der Waals surface area contributed by atoms with E-state index in [2.05, 4.69) is 34.7 Å². The van der Waals surface area contributed by atoms with Crippen LogP contribution >= 0.6 is 27.3 Å². The number of nitrogens with zero attached hydrogens (tertiary/aromatic N) is 2. The molecule has 26 heavy (non-hydrogen) atoms. The van der Waals surface area contributed by atoms with Gasteiger partial charge in [-0.15, -0.1) is 11.3 Å². The highest BCUT2D eigenvalue weighted by Gasteiger charge is 2.18. The fraction of sp³-hybridized carbons (Fsp3) is 0.368. The number of ether oxygens (including phenoxy) is 1. The third-order valence-corrected chi connectivity index (χ3v) is 5.59. The molecule has 0 saturated carbocycles. The largest absolute Gasteiger partial charge is 0.459 e. The summed E-state index contributed by atoms with van der Waals surface area (Å²) in [7, 11) is 1.60. The van der Waals surface area contributed by atoms with Crippen molar-refractivity contribution in [1.82, 2.24) is 4.90 Å². The van der Waals surface area contributed by atoms with Crippen molar-refractivity contribution < 1.29 is 14.3 Å². The highest BCUT2D eigenvalue weighted by Crippen LogP contribution is 2.23. The van der Waals surface area contributed by atoms with Gasteiger partial charge in [0.15, 0.2) is 0 Å². The summed E-state index contributed by atoms with van der Waals surface area (Å²) in [5, 5.41) is 0. The van der Waals surface area contributed by atoms with Crippen LogP contribution in [0.25, 0.3) is 0 Å². The topological polar surface area (TPSA) is 49.9 Å². The Morgan fingerprint density at radius 2 is 1.81 bits per heavy atom. The monoisotopic (exact) mass is 438 g/mol. The summed E-state index contributed by atoms with van der Waals surface area (Å²) in [6.07, 6.45) is 0. The van der Waals surface area contributed by atoms with Crippen molar-refractivity contribution in [2.75, 3.05) is 31.6 Å². The third-order valence-electron chi connectivity index (χ3n) is 3.98. The maximum absolute atomic E-state index is 12.3. The Morgan fingerprint density at radius 3 is 2.42 bits per heavy atom. The fourth-order valence-electron chi connectivity index (χ4n) is 2.59. The second-order valence-electron chi connectivity index (χ2n) is 5.73. The Morgan fingerprint density at radius 1 is 1.12 bits per heavy atom. The molecule has 0 radical (unpaired) electrons. The Labute approximate surface area is 166 Å². The molecule has 0 aliphatic heterocycles. The lowest BCUT2D eigenvalue weighted by Crippen LogP contribution is -2.32.